The highest BCUT2D eigenvalue weighted by Gasteiger charge is 2.17. The average molecular weight is 263 g/mol. The maximum absolute atomic E-state index is 14.0. The van der Waals surface area contributed by atoms with Gasteiger partial charge in [-0.15, -0.1) is 0 Å². The Morgan fingerprint density at radius 3 is 2.95 bits per heavy atom. The second kappa shape index (κ2) is 5.60. The highest BCUT2D eigenvalue weighted by Crippen LogP contribution is 2.21. The van der Waals surface area contributed by atoms with E-state index in [2.05, 4.69) is 4.98 Å². The molecule has 0 N–H and O–H groups in total. The van der Waals surface area contributed by atoms with Crippen molar-refractivity contribution in [3.63, 3.8) is 0 Å². The van der Waals surface area contributed by atoms with Gasteiger partial charge in [-0.25, -0.2) is 4.98 Å². The minimum absolute atomic E-state index is 0.253. The predicted molar refractivity (Wildman–Crippen MR) is 68.4 cm³/mol. The fraction of sp³-hybridized carbons (Fsp3) is 0.308. The average Bonchev–Trinajstić information content (AvgIpc) is 2.79. The second-order valence-corrected chi connectivity index (χ2v) is 4.23. The summed E-state index contributed by atoms with van der Waals surface area (Å²) in [6.45, 7) is 2.29. The van der Waals surface area contributed by atoms with Crippen LogP contribution in [0, 0.1) is 15.9 Å². The second-order valence-electron chi connectivity index (χ2n) is 4.23. The molecule has 5 nitrogen and oxygen atoms in total. The van der Waals surface area contributed by atoms with Gasteiger partial charge >= 0.3 is 5.69 Å². The van der Waals surface area contributed by atoms with Crippen LogP contribution in [0.25, 0.3) is 0 Å². The van der Waals surface area contributed by atoms with Crippen molar-refractivity contribution < 1.29 is 9.31 Å². The molecular weight excluding hydrogens is 249 g/mol. The van der Waals surface area contributed by atoms with Gasteiger partial charge in [-0.2, -0.15) is 4.39 Å². The Hall–Kier alpha value is -2.24. The van der Waals surface area contributed by atoms with Gasteiger partial charge in [-0.1, -0.05) is 19.1 Å². The van der Waals surface area contributed by atoms with E-state index in [-0.39, 0.29) is 6.54 Å². The van der Waals surface area contributed by atoms with Gasteiger partial charge in [0, 0.05) is 30.4 Å². The van der Waals surface area contributed by atoms with Gasteiger partial charge in [0.15, 0.2) is 0 Å². The standard InChI is InChI=1S/C13H14FN3O2/c1-2-4-12-15-7-8-16(12)9-10-5-3-6-11(13(10)14)17(18)19/h3,5-8H,2,4,9H2,1H3. The molecule has 2 rings (SSSR count). The summed E-state index contributed by atoms with van der Waals surface area (Å²) in [5.41, 5.74) is -0.195. The topological polar surface area (TPSA) is 61.0 Å². The van der Waals surface area contributed by atoms with Crippen molar-refractivity contribution in [1.82, 2.24) is 9.55 Å². The Balaban J connectivity index is 2.31. The highest BCUT2D eigenvalue weighted by molar-refractivity contribution is 5.36. The Morgan fingerprint density at radius 1 is 1.47 bits per heavy atom. The fourth-order valence-electron chi connectivity index (χ4n) is 1.95. The maximum Gasteiger partial charge on any atom is 0.305 e. The van der Waals surface area contributed by atoms with E-state index < -0.39 is 16.4 Å². The van der Waals surface area contributed by atoms with Crippen LogP contribution in [0.1, 0.15) is 24.7 Å². The number of nitrogens with zero attached hydrogens (tertiary/aromatic N) is 3. The Kier molecular flexibility index (Phi) is 3.89. The van der Waals surface area contributed by atoms with Gasteiger partial charge in [-0.05, 0) is 6.42 Å². The van der Waals surface area contributed by atoms with Crippen molar-refractivity contribution in [3.8, 4) is 0 Å². The molecule has 100 valence electrons. The first-order valence-electron chi connectivity index (χ1n) is 6.05. The molecule has 1 aromatic heterocycles. The number of nitro groups is 1. The van der Waals surface area contributed by atoms with Gasteiger partial charge in [0.25, 0.3) is 0 Å². The van der Waals surface area contributed by atoms with Crippen molar-refractivity contribution in [2.45, 2.75) is 26.3 Å². The SMILES string of the molecule is CCCc1nccn1Cc1cccc([N+](=O)[O-])c1F. The third-order valence-electron chi connectivity index (χ3n) is 2.87. The van der Waals surface area contributed by atoms with E-state index in [0.717, 1.165) is 18.7 Å². The first-order chi connectivity index (χ1) is 9.13. The molecule has 2 aromatic rings. The summed E-state index contributed by atoms with van der Waals surface area (Å²) in [5, 5.41) is 10.7. The monoisotopic (exact) mass is 263 g/mol. The molecule has 19 heavy (non-hydrogen) atoms. The summed E-state index contributed by atoms with van der Waals surface area (Å²) < 4.78 is 15.8. The molecule has 0 fully saturated rings. The molecule has 0 unspecified atom stereocenters. The Bertz CT molecular complexity index is 595. The van der Waals surface area contributed by atoms with Crippen LogP contribution in [-0.4, -0.2) is 14.5 Å². The molecule has 0 aliphatic carbocycles. The molecule has 0 amide bonds. The first-order valence-corrected chi connectivity index (χ1v) is 6.05. The minimum Gasteiger partial charge on any atom is -0.330 e. The summed E-state index contributed by atoms with van der Waals surface area (Å²) in [6, 6.07) is 4.21. The highest BCUT2D eigenvalue weighted by atomic mass is 19.1. The van der Waals surface area contributed by atoms with E-state index in [1.165, 1.54) is 12.1 Å². The summed E-state index contributed by atoms with van der Waals surface area (Å²) in [6.07, 6.45) is 5.14. The number of imidazole rings is 1. The van der Waals surface area contributed by atoms with Crippen LogP contribution in [-0.2, 0) is 13.0 Å². The van der Waals surface area contributed by atoms with E-state index in [0.29, 0.717) is 5.56 Å². The van der Waals surface area contributed by atoms with E-state index >= 15 is 0 Å². The van der Waals surface area contributed by atoms with Crippen molar-refractivity contribution in [2.24, 2.45) is 0 Å². The third-order valence-corrected chi connectivity index (χ3v) is 2.87. The summed E-state index contributed by atoms with van der Waals surface area (Å²) in [7, 11) is 0. The number of benzene rings is 1. The van der Waals surface area contributed by atoms with Crippen LogP contribution < -0.4 is 0 Å². The molecule has 6 heteroatoms. The molecule has 0 saturated heterocycles. The minimum atomic E-state index is -0.774. The number of rotatable bonds is 5. The molecular formula is C13H14FN3O2. The number of nitro benzene ring substituents is 1. The number of aryl methyl sites for hydroxylation is 1. The molecule has 0 radical (unpaired) electrons. The Labute approximate surface area is 109 Å². The number of hydrogen-bond acceptors (Lipinski definition) is 3. The van der Waals surface area contributed by atoms with Crippen molar-refractivity contribution >= 4 is 5.69 Å². The Morgan fingerprint density at radius 2 is 2.26 bits per heavy atom. The lowest BCUT2D eigenvalue weighted by atomic mass is 10.2. The zero-order chi connectivity index (χ0) is 13.8. The van der Waals surface area contributed by atoms with E-state index in [1.54, 1.807) is 18.5 Å². The number of aromatic nitrogens is 2. The molecule has 0 aliphatic rings. The molecule has 0 aliphatic heterocycles. The fourth-order valence-corrected chi connectivity index (χ4v) is 1.95. The normalized spacial score (nSPS) is 10.6. The zero-order valence-corrected chi connectivity index (χ0v) is 10.5. The van der Waals surface area contributed by atoms with Crippen LogP contribution in [0.3, 0.4) is 0 Å². The lowest BCUT2D eigenvalue weighted by Gasteiger charge is -2.08. The summed E-state index contributed by atoms with van der Waals surface area (Å²) >= 11 is 0. The van der Waals surface area contributed by atoms with Crippen LogP contribution in [0.5, 0.6) is 0 Å². The molecule has 1 aromatic carbocycles. The zero-order valence-electron chi connectivity index (χ0n) is 10.5. The molecule has 1 heterocycles. The summed E-state index contributed by atoms with van der Waals surface area (Å²) in [5.74, 6) is 0.0806. The third kappa shape index (κ3) is 2.78. The van der Waals surface area contributed by atoms with Gasteiger partial charge in [0.05, 0.1) is 11.5 Å². The van der Waals surface area contributed by atoms with Crippen LogP contribution in [0.15, 0.2) is 30.6 Å². The van der Waals surface area contributed by atoms with Crippen molar-refractivity contribution in [3.05, 3.63) is 57.9 Å². The van der Waals surface area contributed by atoms with Gasteiger partial charge < -0.3 is 4.57 Å². The lowest BCUT2D eigenvalue weighted by molar-refractivity contribution is -0.387. The number of halogens is 1. The van der Waals surface area contributed by atoms with Gasteiger partial charge in [-0.3, -0.25) is 10.1 Å². The van der Waals surface area contributed by atoms with Gasteiger partial charge in [0.1, 0.15) is 5.82 Å². The van der Waals surface area contributed by atoms with E-state index in [4.69, 9.17) is 0 Å². The van der Waals surface area contributed by atoms with Crippen LogP contribution >= 0.6 is 0 Å². The first kappa shape index (κ1) is 13.2. The molecule has 0 atom stereocenters. The van der Waals surface area contributed by atoms with E-state index in [9.17, 15) is 14.5 Å². The number of hydrogen-bond donors (Lipinski definition) is 0. The summed E-state index contributed by atoms with van der Waals surface area (Å²) in [4.78, 5) is 14.2. The molecule has 0 bridgehead atoms. The van der Waals surface area contributed by atoms with Gasteiger partial charge in [0.2, 0.25) is 5.82 Å². The predicted octanol–water partition coefficient (Wildman–Crippen LogP) is 2.93. The lowest BCUT2D eigenvalue weighted by Crippen LogP contribution is -2.07. The van der Waals surface area contributed by atoms with Crippen LogP contribution in [0.2, 0.25) is 0 Å². The molecule has 0 saturated carbocycles. The largest absolute Gasteiger partial charge is 0.330 e. The smallest absolute Gasteiger partial charge is 0.305 e. The quantitative estimate of drug-likeness (QED) is 0.615. The van der Waals surface area contributed by atoms with Crippen molar-refractivity contribution in [1.29, 1.82) is 0 Å². The van der Waals surface area contributed by atoms with E-state index in [1.807, 2.05) is 11.5 Å². The molecule has 0 spiro atoms. The van der Waals surface area contributed by atoms with Crippen molar-refractivity contribution in [2.75, 3.05) is 0 Å². The van der Waals surface area contributed by atoms with Crippen LogP contribution in [0.4, 0.5) is 10.1 Å². The maximum atomic E-state index is 14.0.